The Hall–Kier alpha value is -0.880. The molecule has 2 rings (SSSR count). The molecule has 0 unspecified atom stereocenters. The fourth-order valence-corrected chi connectivity index (χ4v) is 3.74. The molecule has 0 spiro atoms. The number of aliphatic hydroxyl groups is 1. The standard InChI is InChI=1S/C18H25Cl2N3OS/c1-11(7-12-5-6-13(19)9-14(12)20)8-15(16(24)18(2,3)4)23-17(25)21-10-22-23/h5-6,9-11,15-16,24H,7-8H2,1-4H3,(H,21,22,25)/t11-,15+,16-/m1/s1. The number of nitrogens with zero attached hydrogens (tertiary/aromatic N) is 2. The van der Waals surface area contributed by atoms with Gasteiger partial charge in [0.1, 0.15) is 6.33 Å². The van der Waals surface area contributed by atoms with E-state index in [2.05, 4.69) is 17.0 Å². The molecule has 0 saturated heterocycles. The van der Waals surface area contributed by atoms with Gasteiger partial charge in [-0.1, -0.05) is 57.0 Å². The van der Waals surface area contributed by atoms with E-state index in [-0.39, 0.29) is 17.4 Å². The first-order valence-electron chi connectivity index (χ1n) is 8.33. The van der Waals surface area contributed by atoms with Crippen LogP contribution in [0.2, 0.25) is 10.0 Å². The summed E-state index contributed by atoms with van der Waals surface area (Å²) in [6.07, 6.45) is 2.53. The van der Waals surface area contributed by atoms with E-state index >= 15 is 0 Å². The maximum absolute atomic E-state index is 10.9. The van der Waals surface area contributed by atoms with E-state index in [9.17, 15) is 5.11 Å². The average molecular weight is 402 g/mol. The second-order valence-corrected chi connectivity index (χ2v) is 8.91. The van der Waals surface area contributed by atoms with Crippen LogP contribution in [0.5, 0.6) is 0 Å². The van der Waals surface area contributed by atoms with Crippen LogP contribution in [0.4, 0.5) is 0 Å². The monoisotopic (exact) mass is 401 g/mol. The van der Waals surface area contributed by atoms with Crippen molar-refractivity contribution in [2.24, 2.45) is 11.3 Å². The van der Waals surface area contributed by atoms with Gasteiger partial charge in [-0.3, -0.25) is 9.78 Å². The van der Waals surface area contributed by atoms with Crippen LogP contribution in [-0.4, -0.2) is 26.0 Å². The number of aliphatic hydroxyl groups excluding tert-OH is 1. The number of hydrogen-bond donors (Lipinski definition) is 2. The minimum atomic E-state index is -0.567. The van der Waals surface area contributed by atoms with E-state index in [1.807, 2.05) is 32.9 Å². The number of nitrogens with one attached hydrogen (secondary N) is 1. The van der Waals surface area contributed by atoms with Crippen molar-refractivity contribution in [3.8, 4) is 0 Å². The summed E-state index contributed by atoms with van der Waals surface area (Å²) in [7, 11) is 0. The zero-order valence-corrected chi connectivity index (χ0v) is 17.3. The molecule has 138 valence electrons. The number of aromatic amines is 1. The lowest BCUT2D eigenvalue weighted by Crippen LogP contribution is -2.37. The molecule has 1 aromatic carbocycles. The first kappa shape index (κ1) is 20.4. The molecule has 3 atom stereocenters. The van der Waals surface area contributed by atoms with Gasteiger partial charge in [0.05, 0.1) is 12.1 Å². The Bertz CT molecular complexity index is 766. The van der Waals surface area contributed by atoms with Crippen LogP contribution in [0.25, 0.3) is 0 Å². The van der Waals surface area contributed by atoms with Crippen LogP contribution in [-0.2, 0) is 6.42 Å². The molecule has 0 radical (unpaired) electrons. The molecule has 0 aliphatic carbocycles. The van der Waals surface area contributed by atoms with Gasteiger partial charge in [-0.2, -0.15) is 0 Å². The van der Waals surface area contributed by atoms with Gasteiger partial charge in [-0.15, -0.1) is 0 Å². The third-order valence-corrected chi connectivity index (χ3v) is 5.28. The predicted octanol–water partition coefficient (Wildman–Crippen LogP) is 5.46. The molecule has 0 saturated carbocycles. The van der Waals surface area contributed by atoms with Crippen molar-refractivity contribution < 1.29 is 5.11 Å². The summed E-state index contributed by atoms with van der Waals surface area (Å²) in [4.78, 5) is 4.09. The highest BCUT2D eigenvalue weighted by Crippen LogP contribution is 2.34. The smallest absolute Gasteiger partial charge is 0.216 e. The van der Waals surface area contributed by atoms with Crippen molar-refractivity contribution in [1.82, 2.24) is 14.8 Å². The van der Waals surface area contributed by atoms with E-state index in [1.54, 1.807) is 17.1 Å². The highest BCUT2D eigenvalue weighted by Gasteiger charge is 2.33. The summed E-state index contributed by atoms with van der Waals surface area (Å²) < 4.78 is 2.23. The summed E-state index contributed by atoms with van der Waals surface area (Å²) in [6.45, 7) is 8.20. The van der Waals surface area contributed by atoms with Gasteiger partial charge in [-0.05, 0) is 54.1 Å². The van der Waals surface area contributed by atoms with E-state index in [1.165, 1.54) is 0 Å². The Morgan fingerprint density at radius 1 is 1.32 bits per heavy atom. The van der Waals surface area contributed by atoms with Gasteiger partial charge < -0.3 is 5.11 Å². The molecule has 1 aromatic heterocycles. The van der Waals surface area contributed by atoms with Crippen molar-refractivity contribution in [3.05, 3.63) is 44.9 Å². The highest BCUT2D eigenvalue weighted by atomic mass is 35.5. The molecular formula is C18H25Cl2N3OS. The van der Waals surface area contributed by atoms with E-state index < -0.39 is 6.10 Å². The Labute approximate surface area is 164 Å². The molecule has 2 aromatic rings. The van der Waals surface area contributed by atoms with Crippen LogP contribution in [0.3, 0.4) is 0 Å². The molecule has 0 aliphatic rings. The van der Waals surface area contributed by atoms with Crippen LogP contribution in [0.15, 0.2) is 24.5 Å². The summed E-state index contributed by atoms with van der Waals surface area (Å²) >= 11 is 17.6. The van der Waals surface area contributed by atoms with Crippen molar-refractivity contribution in [2.75, 3.05) is 0 Å². The van der Waals surface area contributed by atoms with Gasteiger partial charge in [0.2, 0.25) is 4.77 Å². The first-order chi connectivity index (χ1) is 11.6. The van der Waals surface area contributed by atoms with Crippen LogP contribution in [0, 0.1) is 16.1 Å². The second-order valence-electron chi connectivity index (χ2n) is 7.70. The highest BCUT2D eigenvalue weighted by molar-refractivity contribution is 7.71. The molecule has 7 heteroatoms. The molecule has 25 heavy (non-hydrogen) atoms. The zero-order chi connectivity index (χ0) is 18.8. The Kier molecular flexibility index (Phi) is 6.71. The average Bonchev–Trinajstić information content (AvgIpc) is 2.92. The second kappa shape index (κ2) is 8.21. The Morgan fingerprint density at radius 2 is 2.00 bits per heavy atom. The van der Waals surface area contributed by atoms with E-state index in [4.69, 9.17) is 35.4 Å². The minimum absolute atomic E-state index is 0.184. The molecule has 1 heterocycles. The molecule has 4 nitrogen and oxygen atoms in total. The van der Waals surface area contributed by atoms with Gasteiger partial charge in [0, 0.05) is 10.0 Å². The number of hydrogen-bond acceptors (Lipinski definition) is 3. The minimum Gasteiger partial charge on any atom is -0.390 e. The lowest BCUT2D eigenvalue weighted by Gasteiger charge is -2.34. The molecule has 0 amide bonds. The maximum atomic E-state index is 10.9. The summed E-state index contributed by atoms with van der Waals surface area (Å²) in [5, 5.41) is 15.2. The summed E-state index contributed by atoms with van der Waals surface area (Å²) in [5.74, 6) is 0.283. The van der Waals surface area contributed by atoms with E-state index in [0.717, 1.165) is 18.4 Å². The maximum Gasteiger partial charge on any atom is 0.216 e. The topological polar surface area (TPSA) is 53.8 Å². The van der Waals surface area contributed by atoms with Crippen molar-refractivity contribution >= 4 is 35.4 Å². The van der Waals surface area contributed by atoms with Crippen LogP contribution in [0.1, 0.15) is 45.7 Å². The zero-order valence-electron chi connectivity index (χ0n) is 15.0. The van der Waals surface area contributed by atoms with Crippen molar-refractivity contribution in [1.29, 1.82) is 0 Å². The van der Waals surface area contributed by atoms with Crippen LogP contribution < -0.4 is 0 Å². The largest absolute Gasteiger partial charge is 0.390 e. The molecule has 0 bridgehead atoms. The first-order valence-corrected chi connectivity index (χ1v) is 9.50. The fraction of sp³-hybridized carbons (Fsp3) is 0.556. The number of halogens is 2. The quantitative estimate of drug-likeness (QED) is 0.631. The molecular weight excluding hydrogens is 377 g/mol. The van der Waals surface area contributed by atoms with Gasteiger partial charge in [0.15, 0.2) is 0 Å². The lowest BCUT2D eigenvalue weighted by atomic mass is 9.81. The van der Waals surface area contributed by atoms with Crippen LogP contribution >= 0.6 is 35.4 Å². The predicted molar refractivity (Wildman–Crippen MR) is 106 cm³/mol. The fourth-order valence-electron chi connectivity index (χ4n) is 3.01. The number of benzene rings is 1. The summed E-state index contributed by atoms with van der Waals surface area (Å²) in [6, 6.07) is 5.38. The molecule has 0 fully saturated rings. The van der Waals surface area contributed by atoms with Gasteiger partial charge in [0.25, 0.3) is 0 Å². The third-order valence-electron chi connectivity index (χ3n) is 4.39. The molecule has 2 N–H and O–H groups in total. The SMILES string of the molecule is C[C@H](Cc1ccc(Cl)cc1Cl)C[C@@H]([C@@H](O)C(C)(C)C)n1[nH]cnc1=S. The number of aromatic nitrogens is 3. The number of H-pyrrole nitrogens is 1. The van der Waals surface area contributed by atoms with Gasteiger partial charge in [-0.25, -0.2) is 4.98 Å². The number of rotatable bonds is 6. The molecule has 0 aliphatic heterocycles. The van der Waals surface area contributed by atoms with Gasteiger partial charge >= 0.3 is 0 Å². The summed E-state index contributed by atoms with van der Waals surface area (Å²) in [5.41, 5.74) is 0.776. The lowest BCUT2D eigenvalue weighted by molar-refractivity contribution is 0.00389. The van der Waals surface area contributed by atoms with Crippen molar-refractivity contribution in [2.45, 2.75) is 52.7 Å². The Balaban J connectivity index is 2.21. The Morgan fingerprint density at radius 3 is 2.52 bits per heavy atom. The third kappa shape index (κ3) is 5.30. The van der Waals surface area contributed by atoms with E-state index in [0.29, 0.717) is 14.8 Å². The normalized spacial score (nSPS) is 15.8. The van der Waals surface area contributed by atoms with Crippen molar-refractivity contribution in [3.63, 3.8) is 0 Å².